The summed E-state index contributed by atoms with van der Waals surface area (Å²) in [6.07, 6.45) is 0. The summed E-state index contributed by atoms with van der Waals surface area (Å²) < 4.78 is 11.1. The van der Waals surface area contributed by atoms with Gasteiger partial charge in [0.1, 0.15) is 16.0 Å². The smallest absolute Gasteiger partial charge is 0.252 e. The van der Waals surface area contributed by atoms with E-state index in [2.05, 4.69) is 21.2 Å². The number of rotatable bonds is 5. The first-order valence-electron chi connectivity index (χ1n) is 6.50. The number of halogens is 1. The minimum atomic E-state index is -1.06. The Bertz CT molecular complexity index is 510. The standard InChI is InChI=1S/C15H22BrNO4/c1-14(2,15(3,4)19)17-13(18)9-7-10(20-5)12(16)11(8-9)21-6/h7-8,19H,1-6H3,(H,17,18). The van der Waals surface area contributed by atoms with Crippen molar-refractivity contribution in [2.24, 2.45) is 0 Å². The highest BCUT2D eigenvalue weighted by Crippen LogP contribution is 2.35. The van der Waals surface area contributed by atoms with E-state index in [-0.39, 0.29) is 5.91 Å². The summed E-state index contributed by atoms with van der Waals surface area (Å²) in [6.45, 7) is 6.82. The van der Waals surface area contributed by atoms with E-state index in [9.17, 15) is 9.90 Å². The molecule has 118 valence electrons. The molecule has 1 aromatic carbocycles. The summed E-state index contributed by atoms with van der Waals surface area (Å²) in [5.74, 6) is 0.687. The molecule has 1 amide bonds. The Hall–Kier alpha value is -1.27. The number of amides is 1. The van der Waals surface area contributed by atoms with Gasteiger partial charge < -0.3 is 19.9 Å². The lowest BCUT2D eigenvalue weighted by molar-refractivity contribution is -0.00293. The molecule has 0 spiro atoms. The summed E-state index contributed by atoms with van der Waals surface area (Å²) >= 11 is 3.36. The van der Waals surface area contributed by atoms with Crippen molar-refractivity contribution in [3.63, 3.8) is 0 Å². The van der Waals surface area contributed by atoms with Gasteiger partial charge in [0, 0.05) is 5.56 Å². The molecule has 0 heterocycles. The fourth-order valence-corrected chi connectivity index (χ4v) is 2.06. The predicted octanol–water partition coefficient (Wildman–Crippen LogP) is 2.75. The van der Waals surface area contributed by atoms with Crippen LogP contribution in [0.1, 0.15) is 38.1 Å². The Morgan fingerprint density at radius 2 is 1.57 bits per heavy atom. The lowest BCUT2D eigenvalue weighted by Crippen LogP contribution is -2.57. The molecular weight excluding hydrogens is 338 g/mol. The van der Waals surface area contributed by atoms with Gasteiger partial charge >= 0.3 is 0 Å². The van der Waals surface area contributed by atoms with Crippen molar-refractivity contribution >= 4 is 21.8 Å². The summed E-state index contributed by atoms with van der Waals surface area (Å²) in [5, 5.41) is 12.9. The number of aliphatic hydroxyl groups is 1. The molecule has 0 fully saturated rings. The summed E-state index contributed by atoms with van der Waals surface area (Å²) in [5.41, 5.74) is -1.46. The summed E-state index contributed by atoms with van der Waals surface area (Å²) in [6, 6.07) is 3.23. The topological polar surface area (TPSA) is 67.8 Å². The maximum absolute atomic E-state index is 12.4. The Kier molecular flexibility index (Phi) is 5.28. The highest BCUT2D eigenvalue weighted by Gasteiger charge is 2.36. The Balaban J connectivity index is 3.14. The van der Waals surface area contributed by atoms with Gasteiger partial charge in [-0.1, -0.05) is 0 Å². The van der Waals surface area contributed by atoms with Crippen LogP contribution in [-0.4, -0.2) is 36.4 Å². The molecular formula is C15H22BrNO4. The van der Waals surface area contributed by atoms with Crippen LogP contribution in [0.15, 0.2) is 16.6 Å². The summed E-state index contributed by atoms with van der Waals surface area (Å²) in [7, 11) is 3.03. The molecule has 2 N–H and O–H groups in total. The van der Waals surface area contributed by atoms with Crippen LogP contribution >= 0.6 is 15.9 Å². The molecule has 21 heavy (non-hydrogen) atoms. The third-order valence-electron chi connectivity index (χ3n) is 3.66. The van der Waals surface area contributed by atoms with E-state index in [1.165, 1.54) is 14.2 Å². The fourth-order valence-electron chi connectivity index (χ4n) is 1.51. The molecule has 0 aromatic heterocycles. The third-order valence-corrected chi connectivity index (χ3v) is 4.44. The number of nitrogens with one attached hydrogen (secondary N) is 1. The molecule has 0 bridgehead atoms. The molecule has 5 nitrogen and oxygen atoms in total. The van der Waals surface area contributed by atoms with Crippen LogP contribution in [0.2, 0.25) is 0 Å². The second kappa shape index (κ2) is 6.23. The molecule has 0 unspecified atom stereocenters. The van der Waals surface area contributed by atoms with Gasteiger partial charge in [0.25, 0.3) is 5.91 Å². The molecule has 0 aliphatic carbocycles. The molecule has 0 saturated heterocycles. The Morgan fingerprint density at radius 1 is 1.14 bits per heavy atom. The molecule has 0 aliphatic rings. The molecule has 1 rings (SSSR count). The van der Waals surface area contributed by atoms with Crippen molar-refractivity contribution in [1.82, 2.24) is 5.32 Å². The van der Waals surface area contributed by atoms with Crippen LogP contribution in [0.4, 0.5) is 0 Å². The number of carbonyl (C=O) groups excluding carboxylic acids is 1. The molecule has 0 aliphatic heterocycles. The van der Waals surface area contributed by atoms with Crippen LogP contribution in [0.25, 0.3) is 0 Å². The summed E-state index contributed by atoms with van der Waals surface area (Å²) in [4.78, 5) is 12.4. The Labute approximate surface area is 133 Å². The van der Waals surface area contributed by atoms with Gasteiger partial charge in [0.2, 0.25) is 0 Å². The second-order valence-corrected chi connectivity index (χ2v) is 6.63. The first-order valence-corrected chi connectivity index (χ1v) is 7.29. The van der Waals surface area contributed by atoms with E-state index >= 15 is 0 Å². The molecule has 0 saturated carbocycles. The maximum Gasteiger partial charge on any atom is 0.252 e. The number of ether oxygens (including phenoxy) is 2. The largest absolute Gasteiger partial charge is 0.495 e. The van der Waals surface area contributed by atoms with Gasteiger partial charge in [-0.25, -0.2) is 0 Å². The number of hydrogen-bond donors (Lipinski definition) is 2. The maximum atomic E-state index is 12.4. The normalized spacial score (nSPS) is 12.0. The van der Waals surface area contributed by atoms with E-state index in [1.54, 1.807) is 39.8 Å². The van der Waals surface area contributed by atoms with Crippen molar-refractivity contribution in [3.8, 4) is 11.5 Å². The van der Waals surface area contributed by atoms with Crippen molar-refractivity contribution in [2.45, 2.75) is 38.8 Å². The first-order chi connectivity index (χ1) is 9.53. The van der Waals surface area contributed by atoms with Crippen molar-refractivity contribution < 1.29 is 19.4 Å². The monoisotopic (exact) mass is 359 g/mol. The zero-order valence-corrected chi connectivity index (χ0v) is 14.8. The average Bonchev–Trinajstić information content (AvgIpc) is 2.37. The quantitative estimate of drug-likeness (QED) is 0.847. The molecule has 0 radical (unpaired) electrons. The number of benzene rings is 1. The Morgan fingerprint density at radius 3 is 1.90 bits per heavy atom. The highest BCUT2D eigenvalue weighted by molar-refractivity contribution is 9.10. The van der Waals surface area contributed by atoms with Crippen molar-refractivity contribution in [1.29, 1.82) is 0 Å². The van der Waals surface area contributed by atoms with E-state index in [0.29, 0.717) is 21.5 Å². The van der Waals surface area contributed by atoms with Gasteiger partial charge in [-0.2, -0.15) is 0 Å². The molecule has 6 heteroatoms. The lowest BCUT2D eigenvalue weighted by atomic mass is 9.85. The van der Waals surface area contributed by atoms with Gasteiger partial charge in [-0.3, -0.25) is 4.79 Å². The zero-order chi connectivity index (χ0) is 16.4. The van der Waals surface area contributed by atoms with Crippen LogP contribution in [-0.2, 0) is 0 Å². The van der Waals surface area contributed by atoms with E-state index in [4.69, 9.17) is 9.47 Å². The first kappa shape index (κ1) is 17.8. The number of carbonyl (C=O) groups is 1. The number of hydrogen-bond acceptors (Lipinski definition) is 4. The van der Waals surface area contributed by atoms with Gasteiger partial charge in [0.05, 0.1) is 25.4 Å². The predicted molar refractivity (Wildman–Crippen MR) is 85.1 cm³/mol. The van der Waals surface area contributed by atoms with E-state index in [0.717, 1.165) is 0 Å². The van der Waals surface area contributed by atoms with E-state index in [1.807, 2.05) is 0 Å². The lowest BCUT2D eigenvalue weighted by Gasteiger charge is -2.38. The third kappa shape index (κ3) is 3.89. The van der Waals surface area contributed by atoms with Crippen LogP contribution in [0, 0.1) is 0 Å². The SMILES string of the molecule is COc1cc(C(=O)NC(C)(C)C(C)(C)O)cc(OC)c1Br. The zero-order valence-electron chi connectivity index (χ0n) is 13.2. The van der Waals surface area contributed by atoms with Gasteiger partial charge in [-0.15, -0.1) is 0 Å². The molecule has 1 aromatic rings. The fraction of sp³-hybridized carbons (Fsp3) is 0.533. The van der Waals surface area contributed by atoms with Crippen LogP contribution in [0.5, 0.6) is 11.5 Å². The van der Waals surface area contributed by atoms with Crippen LogP contribution < -0.4 is 14.8 Å². The van der Waals surface area contributed by atoms with Crippen molar-refractivity contribution in [2.75, 3.05) is 14.2 Å². The van der Waals surface area contributed by atoms with Gasteiger partial charge in [0.15, 0.2) is 0 Å². The molecule has 0 atom stereocenters. The van der Waals surface area contributed by atoms with Crippen LogP contribution in [0.3, 0.4) is 0 Å². The highest BCUT2D eigenvalue weighted by atomic mass is 79.9. The average molecular weight is 360 g/mol. The second-order valence-electron chi connectivity index (χ2n) is 5.83. The van der Waals surface area contributed by atoms with Crippen molar-refractivity contribution in [3.05, 3.63) is 22.2 Å². The number of methoxy groups -OCH3 is 2. The van der Waals surface area contributed by atoms with E-state index < -0.39 is 11.1 Å². The minimum Gasteiger partial charge on any atom is -0.495 e. The minimum absolute atomic E-state index is 0.314. The van der Waals surface area contributed by atoms with Gasteiger partial charge in [-0.05, 0) is 55.8 Å².